The lowest BCUT2D eigenvalue weighted by molar-refractivity contribution is -0.119. The number of allylic oxidation sites excluding steroid dienone is 4. The van der Waals surface area contributed by atoms with E-state index in [9.17, 15) is 9.59 Å². The van der Waals surface area contributed by atoms with E-state index in [1.807, 2.05) is 6.92 Å². The van der Waals surface area contributed by atoms with Crippen LogP contribution in [0.1, 0.15) is 52.4 Å². The maximum absolute atomic E-state index is 11.5. The molecule has 0 bridgehead atoms. The second kappa shape index (κ2) is 7.21. The standard InChI is InChI=1S/C15H22O2/c1-3-14(16)9-7-5-4-6-8-13-10-12(2)11-15(13)17/h4,6,10,12H,3,5,7-9,11H2,1-2H3/b6-4-/t12-/m0/s1. The van der Waals surface area contributed by atoms with Gasteiger partial charge in [0.2, 0.25) is 0 Å². The Bertz CT molecular complexity index is 337. The van der Waals surface area contributed by atoms with Crippen LogP contribution in [-0.2, 0) is 9.59 Å². The average Bonchev–Trinajstić information content (AvgIpc) is 2.62. The van der Waals surface area contributed by atoms with Gasteiger partial charge in [-0.05, 0) is 30.8 Å². The van der Waals surface area contributed by atoms with Crippen molar-refractivity contribution in [3.8, 4) is 0 Å². The van der Waals surface area contributed by atoms with Crippen molar-refractivity contribution in [1.29, 1.82) is 0 Å². The van der Waals surface area contributed by atoms with Crippen LogP contribution in [0, 0.1) is 5.92 Å². The fourth-order valence-corrected chi connectivity index (χ4v) is 2.02. The van der Waals surface area contributed by atoms with Gasteiger partial charge in [-0.2, -0.15) is 0 Å². The van der Waals surface area contributed by atoms with E-state index in [2.05, 4.69) is 25.2 Å². The number of carbonyl (C=O) groups excluding carboxylic acids is 2. The Kier molecular flexibility index (Phi) is 5.88. The van der Waals surface area contributed by atoms with Crippen LogP contribution >= 0.6 is 0 Å². The normalized spacial score (nSPS) is 20.0. The third-order valence-electron chi connectivity index (χ3n) is 3.08. The van der Waals surface area contributed by atoms with Crippen molar-refractivity contribution < 1.29 is 9.59 Å². The molecule has 0 aliphatic heterocycles. The molecule has 0 aromatic carbocycles. The van der Waals surface area contributed by atoms with Crippen LogP contribution in [-0.4, -0.2) is 11.6 Å². The Morgan fingerprint density at radius 1 is 1.47 bits per heavy atom. The molecule has 0 N–H and O–H groups in total. The minimum Gasteiger partial charge on any atom is -0.300 e. The predicted molar refractivity (Wildman–Crippen MR) is 69.8 cm³/mol. The van der Waals surface area contributed by atoms with Crippen LogP contribution in [0.2, 0.25) is 0 Å². The molecule has 0 aromatic rings. The first-order valence-electron chi connectivity index (χ1n) is 6.54. The second-order valence-corrected chi connectivity index (χ2v) is 4.76. The smallest absolute Gasteiger partial charge is 0.159 e. The van der Waals surface area contributed by atoms with Crippen molar-refractivity contribution in [2.45, 2.75) is 52.4 Å². The average molecular weight is 234 g/mol. The van der Waals surface area contributed by atoms with Crippen molar-refractivity contribution in [3.63, 3.8) is 0 Å². The van der Waals surface area contributed by atoms with Crippen LogP contribution in [0.25, 0.3) is 0 Å². The van der Waals surface area contributed by atoms with Gasteiger partial charge in [0.25, 0.3) is 0 Å². The second-order valence-electron chi connectivity index (χ2n) is 4.76. The van der Waals surface area contributed by atoms with Gasteiger partial charge in [-0.15, -0.1) is 0 Å². The van der Waals surface area contributed by atoms with Crippen molar-refractivity contribution in [2.75, 3.05) is 0 Å². The fourth-order valence-electron chi connectivity index (χ4n) is 2.02. The summed E-state index contributed by atoms with van der Waals surface area (Å²) in [6, 6.07) is 0. The number of Topliss-reactive ketones (excluding diaryl/α,β-unsaturated/α-hetero) is 2. The molecular formula is C15H22O2. The Hall–Kier alpha value is -1.18. The van der Waals surface area contributed by atoms with Crippen LogP contribution < -0.4 is 0 Å². The first kappa shape index (κ1) is 13.9. The molecule has 1 aliphatic carbocycles. The molecule has 2 heteroatoms. The molecule has 0 unspecified atom stereocenters. The van der Waals surface area contributed by atoms with Crippen LogP contribution in [0.4, 0.5) is 0 Å². The van der Waals surface area contributed by atoms with Crippen LogP contribution in [0.15, 0.2) is 23.8 Å². The summed E-state index contributed by atoms with van der Waals surface area (Å²) in [6.45, 7) is 3.97. The molecule has 1 aliphatic rings. The minimum atomic E-state index is 0.295. The van der Waals surface area contributed by atoms with Gasteiger partial charge in [0, 0.05) is 19.3 Å². The summed E-state index contributed by atoms with van der Waals surface area (Å²) in [5.74, 6) is 1.04. The van der Waals surface area contributed by atoms with E-state index < -0.39 is 0 Å². The maximum atomic E-state index is 11.5. The largest absolute Gasteiger partial charge is 0.300 e. The van der Waals surface area contributed by atoms with E-state index in [4.69, 9.17) is 0 Å². The molecule has 0 fully saturated rings. The number of unbranched alkanes of at least 4 members (excludes halogenated alkanes) is 1. The van der Waals surface area contributed by atoms with E-state index in [0.717, 1.165) is 24.8 Å². The third kappa shape index (κ3) is 5.12. The van der Waals surface area contributed by atoms with Crippen molar-refractivity contribution in [1.82, 2.24) is 0 Å². The summed E-state index contributed by atoms with van der Waals surface area (Å²) in [7, 11) is 0. The summed E-state index contributed by atoms with van der Waals surface area (Å²) in [4.78, 5) is 22.5. The predicted octanol–water partition coefficient (Wildman–Crippen LogP) is 3.62. The van der Waals surface area contributed by atoms with Crippen LogP contribution in [0.5, 0.6) is 0 Å². The van der Waals surface area contributed by atoms with Gasteiger partial charge < -0.3 is 0 Å². The fraction of sp³-hybridized carbons (Fsp3) is 0.600. The zero-order chi connectivity index (χ0) is 12.7. The minimum absolute atomic E-state index is 0.295. The highest BCUT2D eigenvalue weighted by Crippen LogP contribution is 2.22. The van der Waals surface area contributed by atoms with Gasteiger partial charge in [0.1, 0.15) is 5.78 Å². The molecular weight excluding hydrogens is 212 g/mol. The van der Waals surface area contributed by atoms with Gasteiger partial charge in [0.15, 0.2) is 5.78 Å². The first-order chi connectivity index (χ1) is 8.13. The third-order valence-corrected chi connectivity index (χ3v) is 3.08. The highest BCUT2D eigenvalue weighted by atomic mass is 16.1. The topological polar surface area (TPSA) is 34.1 Å². The Labute approximate surface area is 104 Å². The summed E-state index contributed by atoms with van der Waals surface area (Å²) in [6.07, 6.45) is 10.8. The lowest BCUT2D eigenvalue weighted by Crippen LogP contribution is -1.95. The lowest BCUT2D eigenvalue weighted by atomic mass is 10.1. The Morgan fingerprint density at radius 3 is 2.82 bits per heavy atom. The van der Waals surface area contributed by atoms with Gasteiger partial charge in [-0.1, -0.05) is 32.1 Å². The van der Waals surface area contributed by atoms with Crippen LogP contribution in [0.3, 0.4) is 0 Å². The molecule has 2 nitrogen and oxygen atoms in total. The van der Waals surface area contributed by atoms with E-state index in [1.54, 1.807) is 0 Å². The van der Waals surface area contributed by atoms with E-state index in [0.29, 0.717) is 36.7 Å². The molecule has 0 spiro atoms. The van der Waals surface area contributed by atoms with E-state index >= 15 is 0 Å². The Morgan fingerprint density at radius 2 is 2.24 bits per heavy atom. The molecule has 0 radical (unpaired) electrons. The SMILES string of the molecule is CCC(=O)CCC/C=C\CC1=C[C@H](C)CC1=O. The highest BCUT2D eigenvalue weighted by Gasteiger charge is 2.18. The molecule has 0 saturated carbocycles. The van der Waals surface area contributed by atoms with Gasteiger partial charge in [0.05, 0.1) is 0 Å². The summed E-state index contributed by atoms with van der Waals surface area (Å²) >= 11 is 0. The lowest BCUT2D eigenvalue weighted by Gasteiger charge is -1.95. The molecule has 0 amide bonds. The van der Waals surface area contributed by atoms with E-state index in [-0.39, 0.29) is 0 Å². The van der Waals surface area contributed by atoms with E-state index in [1.165, 1.54) is 0 Å². The molecule has 1 atom stereocenters. The van der Waals surface area contributed by atoms with Gasteiger partial charge in [-0.3, -0.25) is 9.59 Å². The summed E-state index contributed by atoms with van der Waals surface area (Å²) in [5.41, 5.74) is 0.957. The van der Waals surface area contributed by atoms with Crippen molar-refractivity contribution >= 4 is 11.6 Å². The number of carbonyl (C=O) groups is 2. The highest BCUT2D eigenvalue weighted by molar-refractivity contribution is 5.98. The molecule has 0 heterocycles. The Balaban J connectivity index is 2.16. The number of ketones is 2. The van der Waals surface area contributed by atoms with Gasteiger partial charge >= 0.3 is 0 Å². The monoisotopic (exact) mass is 234 g/mol. The molecule has 0 saturated heterocycles. The van der Waals surface area contributed by atoms with Crippen molar-refractivity contribution in [2.24, 2.45) is 5.92 Å². The number of rotatable bonds is 7. The molecule has 94 valence electrons. The maximum Gasteiger partial charge on any atom is 0.159 e. The van der Waals surface area contributed by atoms with Gasteiger partial charge in [-0.25, -0.2) is 0 Å². The number of hydrogen-bond donors (Lipinski definition) is 0. The quantitative estimate of drug-likeness (QED) is 0.498. The summed E-state index contributed by atoms with van der Waals surface area (Å²) in [5, 5.41) is 0. The molecule has 0 aromatic heterocycles. The zero-order valence-corrected chi connectivity index (χ0v) is 10.9. The molecule has 1 rings (SSSR count). The molecule has 17 heavy (non-hydrogen) atoms. The van der Waals surface area contributed by atoms with Crippen molar-refractivity contribution in [3.05, 3.63) is 23.8 Å². The summed E-state index contributed by atoms with van der Waals surface area (Å²) < 4.78 is 0. The first-order valence-corrected chi connectivity index (χ1v) is 6.54. The number of hydrogen-bond acceptors (Lipinski definition) is 2. The zero-order valence-electron chi connectivity index (χ0n) is 10.9.